The maximum atomic E-state index is 2.65. The molecule has 0 bridgehead atoms. The van der Waals surface area contributed by atoms with Crippen LogP contribution in [0.2, 0.25) is 0 Å². The number of fused-ring (bicyclic) bond motifs is 12. The second-order valence-corrected chi connectivity index (χ2v) is 40.1. The van der Waals surface area contributed by atoms with E-state index in [1.807, 2.05) is 70.6 Å². The van der Waals surface area contributed by atoms with Crippen molar-refractivity contribution in [1.29, 1.82) is 0 Å². The molecule has 12 aromatic rings. The van der Waals surface area contributed by atoms with Crippen molar-refractivity contribution >= 4 is 139 Å². The molecule has 0 saturated carbocycles. The van der Waals surface area contributed by atoms with Gasteiger partial charge < -0.3 is 29.4 Å². The number of unbranched alkanes of at least 4 members (excludes halogenated alkanes) is 18. The SMILES string of the molecule is CCCCCCN1c2ccccc2Sc2cc(-c3ccc4c(c3)Sc3cc(-c5ccc6c(c5)Sc5cc(-c7ccc8c(c7)Sc7cc(-c9ccc%10c(c9)Sc9cc(-c%11ccc%12c(c%11)Sc%11ccccc%11N%12CCCCCC)ccc9N%10CCCCCC)ccc7N8CCCCCC)ccc5N6CCCCCC)ccc3N4CCCCCC)ccc21. The molecule has 6 nitrogen and oxygen atoms in total. The molecule has 0 N–H and O–H groups in total. The Morgan fingerprint density at radius 2 is 0.292 bits per heavy atom. The van der Waals surface area contributed by atoms with Gasteiger partial charge in [-0.2, -0.15) is 0 Å². The van der Waals surface area contributed by atoms with Crippen LogP contribution in [-0.4, -0.2) is 39.3 Å². The average molecular weight is 1690 g/mol. The molecule has 0 fully saturated rings. The van der Waals surface area contributed by atoms with E-state index >= 15 is 0 Å². The highest BCUT2D eigenvalue weighted by Crippen LogP contribution is 2.59. The van der Waals surface area contributed by atoms with Gasteiger partial charge in [-0.05, 0) is 240 Å². The summed E-state index contributed by atoms with van der Waals surface area (Å²) in [7, 11) is 0. The summed E-state index contributed by atoms with van der Waals surface area (Å²) < 4.78 is 0. The first-order valence-corrected chi connectivity index (χ1v) is 50.5. The van der Waals surface area contributed by atoms with Gasteiger partial charge in [0, 0.05) is 98.0 Å². The highest BCUT2D eigenvalue weighted by Gasteiger charge is 2.33. The van der Waals surface area contributed by atoms with Gasteiger partial charge in [-0.3, -0.25) is 0 Å². The molecule has 18 rings (SSSR count). The lowest BCUT2D eigenvalue weighted by Gasteiger charge is -2.35. The zero-order valence-corrected chi connectivity index (χ0v) is 76.2. The number of hydrogen-bond acceptors (Lipinski definition) is 12. The molecular formula is C108H116N6S6. The number of anilines is 12. The molecule has 6 aliphatic heterocycles. The normalized spacial score (nSPS) is 13.8. The topological polar surface area (TPSA) is 19.4 Å². The molecule has 0 aliphatic carbocycles. The van der Waals surface area contributed by atoms with Crippen molar-refractivity contribution in [2.45, 2.75) is 254 Å². The number of nitrogens with zero attached hydrogens (tertiary/aromatic N) is 6. The zero-order valence-electron chi connectivity index (χ0n) is 71.3. The van der Waals surface area contributed by atoms with Gasteiger partial charge in [-0.1, -0.05) is 313 Å². The minimum Gasteiger partial charge on any atom is -0.340 e. The Labute approximate surface area is 741 Å². The molecule has 0 amide bonds. The molecule has 0 atom stereocenters. The van der Waals surface area contributed by atoms with E-state index in [-0.39, 0.29) is 0 Å². The quantitative estimate of drug-likeness (QED) is 0.0353. The Bertz CT molecular complexity index is 5330. The highest BCUT2D eigenvalue weighted by atomic mass is 32.2. The third-order valence-corrected chi connectivity index (χ3v) is 31.8. The van der Waals surface area contributed by atoms with Crippen LogP contribution in [0.25, 0.3) is 55.6 Å². The third-order valence-electron chi connectivity index (χ3n) is 25.2. The third kappa shape index (κ3) is 17.5. The first-order chi connectivity index (χ1) is 59.2. The van der Waals surface area contributed by atoms with Crippen LogP contribution in [0.3, 0.4) is 0 Å². The number of benzene rings is 12. The molecule has 12 heteroatoms. The predicted octanol–water partition coefficient (Wildman–Crippen LogP) is 35.1. The molecule has 120 heavy (non-hydrogen) atoms. The molecule has 12 aromatic carbocycles. The first kappa shape index (κ1) is 82.5. The van der Waals surface area contributed by atoms with E-state index in [1.54, 1.807) is 0 Å². The van der Waals surface area contributed by atoms with Crippen LogP contribution in [0.15, 0.2) is 289 Å². The van der Waals surface area contributed by atoms with Crippen molar-refractivity contribution in [3.63, 3.8) is 0 Å². The zero-order chi connectivity index (χ0) is 81.4. The minimum absolute atomic E-state index is 0.993. The van der Waals surface area contributed by atoms with Gasteiger partial charge in [-0.15, -0.1) is 0 Å². The number of rotatable bonds is 35. The predicted molar refractivity (Wildman–Crippen MR) is 524 cm³/mol. The van der Waals surface area contributed by atoms with Crippen molar-refractivity contribution in [3.05, 3.63) is 231 Å². The van der Waals surface area contributed by atoms with Gasteiger partial charge in [0.1, 0.15) is 0 Å². The summed E-state index contributed by atoms with van der Waals surface area (Å²) in [5.74, 6) is 0. The van der Waals surface area contributed by atoms with Crippen molar-refractivity contribution in [3.8, 4) is 55.6 Å². The number of hydrogen-bond donors (Lipinski definition) is 0. The molecule has 6 aliphatic rings. The lowest BCUT2D eigenvalue weighted by molar-refractivity contribution is 0.665. The summed E-state index contributed by atoms with van der Waals surface area (Å²) in [6, 6.07) is 91.1. The summed E-state index contributed by atoms with van der Waals surface area (Å²) in [6.07, 6.45) is 29.5. The lowest BCUT2D eigenvalue weighted by atomic mass is 10.0. The van der Waals surface area contributed by atoms with Crippen molar-refractivity contribution in [1.82, 2.24) is 0 Å². The van der Waals surface area contributed by atoms with Gasteiger partial charge in [0.05, 0.1) is 68.2 Å². The van der Waals surface area contributed by atoms with Crippen molar-refractivity contribution in [2.75, 3.05) is 68.7 Å². The molecule has 0 aromatic heterocycles. The molecule has 6 heterocycles. The highest BCUT2D eigenvalue weighted by molar-refractivity contribution is 8.01. The summed E-state index contributed by atoms with van der Waals surface area (Å²) in [5.41, 5.74) is 28.6. The van der Waals surface area contributed by atoms with Crippen LogP contribution in [0, 0.1) is 0 Å². The van der Waals surface area contributed by atoms with Crippen LogP contribution in [0.5, 0.6) is 0 Å². The molecule has 614 valence electrons. The fourth-order valence-corrected chi connectivity index (χ4v) is 25.6. The van der Waals surface area contributed by atoms with E-state index in [4.69, 9.17) is 0 Å². The van der Waals surface area contributed by atoms with Crippen LogP contribution in [-0.2, 0) is 0 Å². The van der Waals surface area contributed by atoms with Crippen LogP contribution in [0.1, 0.15) is 196 Å². The van der Waals surface area contributed by atoms with Crippen LogP contribution in [0.4, 0.5) is 68.2 Å². The summed E-state index contributed by atoms with van der Waals surface area (Å²) in [4.78, 5) is 31.8. The summed E-state index contributed by atoms with van der Waals surface area (Å²) >= 11 is 11.7. The number of para-hydroxylation sites is 2. The fourth-order valence-electron chi connectivity index (χ4n) is 18.6. The largest absolute Gasteiger partial charge is 0.340 e. The Morgan fingerprint density at radius 1 is 0.150 bits per heavy atom. The lowest BCUT2D eigenvalue weighted by Crippen LogP contribution is -2.22. The standard InChI is InChI=1S/C108H116N6S6/c1-7-13-19-29-59-109-85-35-25-27-37-97(85)115-99-65-75(39-49-87(99)109)77-41-51-89-101(67-77)117-103-69-79(43-53-91(103)111(89)61-31-21-15-9-3)81-45-55-93-105(71-81)119-107-73-83(47-57-95(107)113(93)63-33-23-17-11-5)84-48-58-96-108(74-84)120-106-72-82(46-56-94(106)114(96)64-34-24-18-12-6)80-44-54-92-104(70-80)118-102-68-78(42-52-90(102)112(92)62-32-22-16-10-4)76-40-50-88-100(66-76)116-98-38-28-26-36-86(98)110(88)60-30-20-14-8-2/h25-28,35-58,65-74H,7-24,29-34,59-64H2,1-6H3. The summed E-state index contributed by atoms with van der Waals surface area (Å²) in [6.45, 7) is 20.0. The van der Waals surface area contributed by atoms with Gasteiger partial charge in [0.2, 0.25) is 0 Å². The summed E-state index contributed by atoms with van der Waals surface area (Å²) in [5, 5.41) is 0. The maximum absolute atomic E-state index is 2.65. The van der Waals surface area contributed by atoms with E-state index in [9.17, 15) is 0 Å². The molecule has 0 unspecified atom stereocenters. The second kappa shape index (κ2) is 38.5. The van der Waals surface area contributed by atoms with E-state index in [1.165, 1.54) is 324 Å². The minimum atomic E-state index is 0.993. The molecule has 0 radical (unpaired) electrons. The van der Waals surface area contributed by atoms with Crippen LogP contribution >= 0.6 is 70.6 Å². The van der Waals surface area contributed by atoms with Gasteiger partial charge in [0.25, 0.3) is 0 Å². The molecule has 0 saturated heterocycles. The smallest absolute Gasteiger partial charge is 0.0553 e. The van der Waals surface area contributed by atoms with Gasteiger partial charge >= 0.3 is 0 Å². The average Bonchev–Trinajstić information content (AvgIpc) is 0.753. The van der Waals surface area contributed by atoms with Gasteiger partial charge in [0.15, 0.2) is 0 Å². The maximum Gasteiger partial charge on any atom is 0.0553 e. The Kier molecular flexibility index (Phi) is 26.5. The van der Waals surface area contributed by atoms with E-state index in [2.05, 4.69) is 301 Å². The first-order valence-electron chi connectivity index (χ1n) is 45.6. The van der Waals surface area contributed by atoms with E-state index in [0.717, 1.165) is 52.1 Å². The molecule has 0 spiro atoms. The van der Waals surface area contributed by atoms with Gasteiger partial charge in [-0.25, -0.2) is 0 Å². The van der Waals surface area contributed by atoms with E-state index in [0.29, 0.717) is 0 Å². The second-order valence-electron chi connectivity index (χ2n) is 33.6. The Morgan fingerprint density at radius 3 is 0.450 bits per heavy atom. The fraction of sp³-hybridized carbons (Fsp3) is 0.333. The Balaban J connectivity index is 0.623. The van der Waals surface area contributed by atoms with Crippen LogP contribution < -0.4 is 29.4 Å². The monoisotopic (exact) mass is 1690 g/mol. The van der Waals surface area contributed by atoms with Crippen molar-refractivity contribution < 1.29 is 0 Å². The van der Waals surface area contributed by atoms with Crippen molar-refractivity contribution in [2.24, 2.45) is 0 Å². The Hall–Kier alpha value is -8.46. The molecular weight excluding hydrogens is 1570 g/mol. The van der Waals surface area contributed by atoms with E-state index < -0.39 is 0 Å².